The molecule has 1 aromatic heterocycles. The minimum atomic E-state index is -0.395. The van der Waals surface area contributed by atoms with Crippen LogP contribution in [0.2, 0.25) is 0 Å². The molecule has 1 amide bonds. The van der Waals surface area contributed by atoms with E-state index in [1.807, 2.05) is 49.6 Å². The molecule has 1 heterocycles. The van der Waals surface area contributed by atoms with Gasteiger partial charge in [0.25, 0.3) is 5.91 Å². The first-order valence-electron chi connectivity index (χ1n) is 6.24. The van der Waals surface area contributed by atoms with E-state index in [0.29, 0.717) is 0 Å². The van der Waals surface area contributed by atoms with Crippen LogP contribution in [-0.4, -0.2) is 5.91 Å². The van der Waals surface area contributed by atoms with Crippen molar-refractivity contribution < 1.29 is 4.79 Å². The van der Waals surface area contributed by atoms with Gasteiger partial charge in [-0.3, -0.25) is 4.79 Å². The number of hydrogen-bond acceptors (Lipinski definition) is 3. The van der Waals surface area contributed by atoms with E-state index in [1.165, 1.54) is 11.3 Å². The van der Waals surface area contributed by atoms with E-state index >= 15 is 0 Å². The van der Waals surface area contributed by atoms with Crippen LogP contribution >= 0.6 is 27.3 Å². The van der Waals surface area contributed by atoms with Crippen molar-refractivity contribution in [2.45, 2.75) is 13.8 Å². The molecule has 3 nitrogen and oxygen atoms in total. The number of hydrogen-bond donors (Lipinski definition) is 1. The van der Waals surface area contributed by atoms with Crippen molar-refractivity contribution in [3.05, 3.63) is 55.7 Å². The number of carbonyl (C=O) groups excluding carboxylic acids is 1. The molecule has 0 saturated carbocycles. The second-order valence-corrected chi connectivity index (χ2v) is 6.85. The molecule has 1 N–H and O–H groups in total. The summed E-state index contributed by atoms with van der Waals surface area (Å²) in [6.45, 7) is 3.92. The van der Waals surface area contributed by atoms with Gasteiger partial charge >= 0.3 is 0 Å². The Labute approximate surface area is 136 Å². The van der Waals surface area contributed by atoms with Crippen LogP contribution in [-0.2, 0) is 4.79 Å². The van der Waals surface area contributed by atoms with E-state index in [4.69, 9.17) is 0 Å². The number of nitrogens with one attached hydrogen (secondary N) is 1. The maximum Gasteiger partial charge on any atom is 0.266 e. The van der Waals surface area contributed by atoms with Gasteiger partial charge in [0.2, 0.25) is 0 Å². The zero-order valence-corrected chi connectivity index (χ0v) is 14.0. The van der Waals surface area contributed by atoms with Gasteiger partial charge in [0, 0.05) is 5.69 Å². The number of anilines is 1. The molecule has 5 heteroatoms. The van der Waals surface area contributed by atoms with Gasteiger partial charge in [-0.1, -0.05) is 12.1 Å². The lowest BCUT2D eigenvalue weighted by Gasteiger charge is -2.09. The highest BCUT2D eigenvalue weighted by atomic mass is 79.9. The SMILES string of the molecule is Cc1cccc(NC(=O)/C(C#N)=C/c2csc(Br)c2)c1C. The van der Waals surface area contributed by atoms with Gasteiger partial charge in [-0.25, -0.2) is 0 Å². The summed E-state index contributed by atoms with van der Waals surface area (Å²) < 4.78 is 0.959. The molecule has 0 fully saturated rings. The molecule has 0 bridgehead atoms. The van der Waals surface area contributed by atoms with Crippen molar-refractivity contribution in [2.75, 3.05) is 5.32 Å². The average Bonchev–Trinajstić information content (AvgIpc) is 2.86. The number of amides is 1. The predicted molar refractivity (Wildman–Crippen MR) is 90.2 cm³/mol. The van der Waals surface area contributed by atoms with Gasteiger partial charge in [0.15, 0.2) is 0 Å². The Morgan fingerprint density at radius 2 is 2.19 bits per heavy atom. The first kappa shape index (κ1) is 15.5. The van der Waals surface area contributed by atoms with Crippen LogP contribution in [0.1, 0.15) is 16.7 Å². The number of benzene rings is 1. The van der Waals surface area contributed by atoms with Crippen molar-refractivity contribution in [3.63, 3.8) is 0 Å². The number of carbonyl (C=O) groups is 1. The highest BCUT2D eigenvalue weighted by Gasteiger charge is 2.11. The summed E-state index contributed by atoms with van der Waals surface area (Å²) in [6, 6.07) is 9.51. The fourth-order valence-electron chi connectivity index (χ4n) is 1.79. The molecule has 0 aliphatic heterocycles. The van der Waals surface area contributed by atoms with Crippen molar-refractivity contribution in [3.8, 4) is 6.07 Å². The van der Waals surface area contributed by atoms with E-state index in [2.05, 4.69) is 21.2 Å². The smallest absolute Gasteiger partial charge is 0.266 e. The third kappa shape index (κ3) is 3.81. The molecule has 2 aromatic rings. The Kier molecular flexibility index (Phi) is 4.94. The summed E-state index contributed by atoms with van der Waals surface area (Å²) in [4.78, 5) is 12.2. The monoisotopic (exact) mass is 360 g/mol. The highest BCUT2D eigenvalue weighted by Crippen LogP contribution is 2.23. The third-order valence-corrected chi connectivity index (χ3v) is 4.64. The third-order valence-electron chi connectivity index (χ3n) is 3.12. The number of thiophene rings is 1. The van der Waals surface area contributed by atoms with E-state index < -0.39 is 5.91 Å². The van der Waals surface area contributed by atoms with Crippen molar-refractivity contribution in [1.82, 2.24) is 0 Å². The maximum absolute atomic E-state index is 12.2. The number of nitriles is 1. The molecule has 106 valence electrons. The van der Waals surface area contributed by atoms with Crippen molar-refractivity contribution in [2.24, 2.45) is 0 Å². The Morgan fingerprint density at radius 1 is 1.43 bits per heavy atom. The lowest BCUT2D eigenvalue weighted by Crippen LogP contribution is -2.14. The number of aryl methyl sites for hydroxylation is 1. The summed E-state index contributed by atoms with van der Waals surface area (Å²) in [5.74, 6) is -0.395. The van der Waals surface area contributed by atoms with Crippen LogP contribution in [0.4, 0.5) is 5.69 Å². The molecule has 0 radical (unpaired) electrons. The molecular formula is C16H13BrN2OS. The summed E-state index contributed by atoms with van der Waals surface area (Å²) in [5.41, 5.74) is 3.74. The van der Waals surface area contributed by atoms with Crippen LogP contribution in [0.3, 0.4) is 0 Å². The molecule has 0 saturated heterocycles. The quantitative estimate of drug-likeness (QED) is 0.638. The molecule has 0 unspecified atom stereocenters. The van der Waals surface area contributed by atoms with Gasteiger partial charge in [-0.2, -0.15) is 5.26 Å². The van der Waals surface area contributed by atoms with E-state index in [1.54, 1.807) is 6.08 Å². The summed E-state index contributed by atoms with van der Waals surface area (Å²) in [5, 5.41) is 13.9. The topological polar surface area (TPSA) is 52.9 Å². The minimum absolute atomic E-state index is 0.0845. The Bertz CT molecular complexity index is 756. The zero-order chi connectivity index (χ0) is 15.4. The van der Waals surface area contributed by atoms with Crippen LogP contribution in [0.15, 0.2) is 39.0 Å². The van der Waals surface area contributed by atoms with Gasteiger partial charge in [-0.05, 0) is 70.1 Å². The second kappa shape index (κ2) is 6.70. The van der Waals surface area contributed by atoms with E-state index in [0.717, 1.165) is 26.2 Å². The predicted octanol–water partition coefficient (Wildman–Crippen LogP) is 4.67. The van der Waals surface area contributed by atoms with Gasteiger partial charge < -0.3 is 5.32 Å². The molecule has 2 rings (SSSR count). The lowest BCUT2D eigenvalue weighted by molar-refractivity contribution is -0.112. The van der Waals surface area contributed by atoms with E-state index in [-0.39, 0.29) is 5.57 Å². The van der Waals surface area contributed by atoms with Crippen LogP contribution in [0, 0.1) is 25.2 Å². The largest absolute Gasteiger partial charge is 0.321 e. The second-order valence-electron chi connectivity index (χ2n) is 4.56. The number of halogens is 1. The van der Waals surface area contributed by atoms with Crippen molar-refractivity contribution >= 4 is 44.9 Å². The van der Waals surface area contributed by atoms with Gasteiger partial charge in [0.1, 0.15) is 11.6 Å². The normalized spacial score (nSPS) is 11.0. The first-order chi connectivity index (χ1) is 10.0. The summed E-state index contributed by atoms with van der Waals surface area (Å²) in [6.07, 6.45) is 1.59. The van der Waals surface area contributed by atoms with E-state index in [9.17, 15) is 10.1 Å². The molecule has 0 atom stereocenters. The van der Waals surface area contributed by atoms with Crippen LogP contribution in [0.25, 0.3) is 6.08 Å². The Hall–Kier alpha value is -1.90. The fourth-order valence-corrected chi connectivity index (χ4v) is 2.92. The average molecular weight is 361 g/mol. The number of rotatable bonds is 3. The fraction of sp³-hybridized carbons (Fsp3) is 0.125. The maximum atomic E-state index is 12.2. The zero-order valence-electron chi connectivity index (χ0n) is 11.6. The van der Waals surface area contributed by atoms with Crippen molar-refractivity contribution in [1.29, 1.82) is 5.26 Å². The Balaban J connectivity index is 2.24. The molecule has 21 heavy (non-hydrogen) atoms. The molecular weight excluding hydrogens is 348 g/mol. The Morgan fingerprint density at radius 3 is 2.81 bits per heavy atom. The molecule has 0 aliphatic carbocycles. The minimum Gasteiger partial charge on any atom is -0.321 e. The number of nitrogens with zero attached hydrogens (tertiary/aromatic N) is 1. The summed E-state index contributed by atoms with van der Waals surface area (Å²) in [7, 11) is 0. The van der Waals surface area contributed by atoms with Crippen LogP contribution in [0.5, 0.6) is 0 Å². The lowest BCUT2D eigenvalue weighted by atomic mass is 10.1. The molecule has 0 aliphatic rings. The standard InChI is InChI=1S/C16H13BrN2OS/c1-10-4-3-5-14(11(10)2)19-16(20)13(8-18)6-12-7-15(17)21-9-12/h3-7,9H,1-2H3,(H,19,20)/b13-6+. The van der Waals surface area contributed by atoms with Crippen LogP contribution < -0.4 is 5.32 Å². The van der Waals surface area contributed by atoms with Gasteiger partial charge in [0.05, 0.1) is 3.79 Å². The molecule has 1 aromatic carbocycles. The molecule has 0 spiro atoms. The highest BCUT2D eigenvalue weighted by molar-refractivity contribution is 9.11. The van der Waals surface area contributed by atoms with Gasteiger partial charge in [-0.15, -0.1) is 11.3 Å². The summed E-state index contributed by atoms with van der Waals surface area (Å²) >= 11 is 4.87. The first-order valence-corrected chi connectivity index (χ1v) is 7.92.